The maximum absolute atomic E-state index is 13.1. The SMILES string of the molecule is CCCC(CC(=O)N[C@@H](C)C(=O)Nc1cc(C)on1)c1ccc(F)cc1. The van der Waals surface area contributed by atoms with Crippen LogP contribution >= 0.6 is 0 Å². The monoisotopic (exact) mass is 361 g/mol. The van der Waals surface area contributed by atoms with E-state index < -0.39 is 6.04 Å². The van der Waals surface area contributed by atoms with Crippen LogP contribution in [-0.2, 0) is 9.59 Å². The average Bonchev–Trinajstić information content (AvgIpc) is 3.00. The van der Waals surface area contributed by atoms with Gasteiger partial charge in [0.25, 0.3) is 0 Å². The van der Waals surface area contributed by atoms with Gasteiger partial charge in [-0.15, -0.1) is 0 Å². The average molecular weight is 361 g/mol. The van der Waals surface area contributed by atoms with E-state index in [0.717, 1.165) is 18.4 Å². The van der Waals surface area contributed by atoms with Gasteiger partial charge in [0.05, 0.1) is 0 Å². The van der Waals surface area contributed by atoms with Gasteiger partial charge in [0.2, 0.25) is 11.8 Å². The predicted octanol–water partition coefficient (Wildman–Crippen LogP) is 3.54. The van der Waals surface area contributed by atoms with Gasteiger partial charge in [-0.05, 0) is 43.9 Å². The minimum absolute atomic E-state index is 0.0194. The number of amides is 2. The molecule has 6 nitrogen and oxygen atoms in total. The second-order valence-electron chi connectivity index (χ2n) is 6.34. The van der Waals surface area contributed by atoms with Crippen LogP contribution in [0.4, 0.5) is 10.2 Å². The van der Waals surface area contributed by atoms with Crippen molar-refractivity contribution >= 4 is 17.6 Å². The highest BCUT2D eigenvalue weighted by atomic mass is 19.1. The number of rotatable bonds is 8. The number of benzene rings is 1. The van der Waals surface area contributed by atoms with E-state index >= 15 is 0 Å². The van der Waals surface area contributed by atoms with E-state index in [1.165, 1.54) is 12.1 Å². The lowest BCUT2D eigenvalue weighted by Crippen LogP contribution is -2.42. The summed E-state index contributed by atoms with van der Waals surface area (Å²) in [5, 5.41) is 8.96. The highest BCUT2D eigenvalue weighted by molar-refractivity contribution is 5.96. The van der Waals surface area contributed by atoms with Gasteiger partial charge in [-0.3, -0.25) is 9.59 Å². The minimum atomic E-state index is -0.713. The normalized spacial score (nSPS) is 13.1. The summed E-state index contributed by atoms with van der Waals surface area (Å²) in [4.78, 5) is 24.5. The third-order valence-electron chi connectivity index (χ3n) is 4.06. The minimum Gasteiger partial charge on any atom is -0.360 e. The van der Waals surface area contributed by atoms with Crippen molar-refractivity contribution in [3.8, 4) is 0 Å². The Morgan fingerprint density at radius 2 is 1.96 bits per heavy atom. The molecule has 1 aromatic carbocycles. The molecule has 140 valence electrons. The molecule has 0 spiro atoms. The summed E-state index contributed by atoms with van der Waals surface area (Å²) >= 11 is 0. The van der Waals surface area contributed by atoms with Crippen LogP contribution in [0.15, 0.2) is 34.9 Å². The quantitative estimate of drug-likeness (QED) is 0.753. The van der Waals surface area contributed by atoms with Gasteiger partial charge in [-0.1, -0.05) is 30.6 Å². The molecular formula is C19H24FN3O3. The molecule has 2 amide bonds. The molecule has 2 rings (SSSR count). The van der Waals surface area contributed by atoms with Crippen LogP contribution < -0.4 is 10.6 Å². The van der Waals surface area contributed by atoms with Crippen molar-refractivity contribution in [3.05, 3.63) is 47.5 Å². The van der Waals surface area contributed by atoms with Crippen molar-refractivity contribution in [3.63, 3.8) is 0 Å². The molecule has 0 saturated heterocycles. The zero-order valence-electron chi connectivity index (χ0n) is 15.2. The third kappa shape index (κ3) is 5.68. The standard InChI is InChI=1S/C19H24FN3O3/c1-4-5-15(14-6-8-16(20)9-7-14)11-18(24)21-13(3)19(25)22-17-10-12(2)26-23-17/h6-10,13,15H,4-5,11H2,1-3H3,(H,21,24)(H,22,23,25)/t13-,15?/m0/s1. The van der Waals surface area contributed by atoms with E-state index in [2.05, 4.69) is 15.8 Å². The van der Waals surface area contributed by atoms with E-state index in [1.807, 2.05) is 6.92 Å². The van der Waals surface area contributed by atoms with Crippen LogP contribution in [0.5, 0.6) is 0 Å². The lowest BCUT2D eigenvalue weighted by atomic mass is 9.91. The smallest absolute Gasteiger partial charge is 0.247 e. The Hall–Kier alpha value is -2.70. The van der Waals surface area contributed by atoms with Gasteiger partial charge >= 0.3 is 0 Å². The van der Waals surface area contributed by atoms with E-state index in [4.69, 9.17) is 4.52 Å². The lowest BCUT2D eigenvalue weighted by Gasteiger charge is -2.18. The number of carbonyl (C=O) groups excluding carboxylic acids is 2. The largest absolute Gasteiger partial charge is 0.360 e. The summed E-state index contributed by atoms with van der Waals surface area (Å²) < 4.78 is 18.0. The number of nitrogens with zero attached hydrogens (tertiary/aromatic N) is 1. The molecule has 0 radical (unpaired) electrons. The number of aryl methyl sites for hydroxylation is 1. The molecule has 1 aromatic heterocycles. The molecule has 0 aliphatic carbocycles. The van der Waals surface area contributed by atoms with Gasteiger partial charge in [0, 0.05) is 12.5 Å². The third-order valence-corrected chi connectivity index (χ3v) is 4.06. The van der Waals surface area contributed by atoms with E-state index in [1.54, 1.807) is 32.0 Å². The van der Waals surface area contributed by atoms with Crippen LogP contribution in [0, 0.1) is 12.7 Å². The highest BCUT2D eigenvalue weighted by Crippen LogP contribution is 2.25. The molecule has 0 aliphatic heterocycles. The van der Waals surface area contributed by atoms with Gasteiger partial charge in [-0.2, -0.15) is 0 Å². The van der Waals surface area contributed by atoms with Crippen LogP contribution in [0.1, 0.15) is 50.4 Å². The topological polar surface area (TPSA) is 84.2 Å². The van der Waals surface area contributed by atoms with Crippen molar-refractivity contribution in [1.29, 1.82) is 0 Å². The number of anilines is 1. The lowest BCUT2D eigenvalue weighted by molar-refractivity contribution is -0.126. The molecule has 2 aromatic rings. The van der Waals surface area contributed by atoms with Crippen LogP contribution in [0.2, 0.25) is 0 Å². The molecule has 2 N–H and O–H groups in total. The number of hydrogen-bond acceptors (Lipinski definition) is 4. The first kappa shape index (κ1) is 19.6. The summed E-state index contributed by atoms with van der Waals surface area (Å²) in [6.45, 7) is 5.36. The van der Waals surface area contributed by atoms with Crippen LogP contribution in [0.3, 0.4) is 0 Å². The molecule has 1 heterocycles. The van der Waals surface area contributed by atoms with Crippen LogP contribution in [0.25, 0.3) is 0 Å². The first-order valence-electron chi connectivity index (χ1n) is 8.68. The van der Waals surface area contributed by atoms with Crippen molar-refractivity contribution in [2.45, 2.75) is 52.0 Å². The van der Waals surface area contributed by atoms with Gasteiger partial charge in [0.1, 0.15) is 17.6 Å². The molecule has 0 aliphatic rings. The molecule has 0 bridgehead atoms. The summed E-state index contributed by atoms with van der Waals surface area (Å²) in [7, 11) is 0. The van der Waals surface area contributed by atoms with E-state index in [-0.39, 0.29) is 30.0 Å². The fraction of sp³-hybridized carbons (Fsp3) is 0.421. The van der Waals surface area contributed by atoms with Crippen molar-refractivity contribution in [2.75, 3.05) is 5.32 Å². The Bertz CT molecular complexity index is 743. The Balaban J connectivity index is 1.91. The number of carbonyl (C=O) groups is 2. The van der Waals surface area contributed by atoms with E-state index in [0.29, 0.717) is 11.6 Å². The molecule has 0 saturated carbocycles. The van der Waals surface area contributed by atoms with E-state index in [9.17, 15) is 14.0 Å². The summed E-state index contributed by atoms with van der Waals surface area (Å²) in [5.74, 6) is -0.0365. The summed E-state index contributed by atoms with van der Waals surface area (Å²) in [6, 6.07) is 7.07. The number of hydrogen-bond donors (Lipinski definition) is 2. The van der Waals surface area contributed by atoms with Gasteiger partial charge in [-0.25, -0.2) is 4.39 Å². The molecule has 2 atom stereocenters. The second-order valence-corrected chi connectivity index (χ2v) is 6.34. The number of aromatic nitrogens is 1. The van der Waals surface area contributed by atoms with Gasteiger partial charge < -0.3 is 15.2 Å². The Morgan fingerprint density at radius 1 is 1.27 bits per heavy atom. The first-order chi connectivity index (χ1) is 12.4. The predicted molar refractivity (Wildman–Crippen MR) is 96.1 cm³/mol. The molecular weight excluding hydrogens is 337 g/mol. The van der Waals surface area contributed by atoms with Crippen molar-refractivity contribution < 1.29 is 18.5 Å². The highest BCUT2D eigenvalue weighted by Gasteiger charge is 2.20. The number of halogens is 1. The Kier molecular flexibility index (Phi) is 6.89. The fourth-order valence-corrected chi connectivity index (χ4v) is 2.72. The zero-order valence-corrected chi connectivity index (χ0v) is 15.2. The van der Waals surface area contributed by atoms with Crippen molar-refractivity contribution in [2.24, 2.45) is 0 Å². The fourth-order valence-electron chi connectivity index (χ4n) is 2.72. The first-order valence-corrected chi connectivity index (χ1v) is 8.68. The van der Waals surface area contributed by atoms with Gasteiger partial charge in [0.15, 0.2) is 5.82 Å². The molecule has 26 heavy (non-hydrogen) atoms. The summed E-state index contributed by atoms with van der Waals surface area (Å²) in [5.41, 5.74) is 0.915. The molecule has 0 fully saturated rings. The zero-order chi connectivity index (χ0) is 19.1. The number of nitrogens with one attached hydrogen (secondary N) is 2. The molecule has 7 heteroatoms. The Morgan fingerprint density at radius 3 is 2.54 bits per heavy atom. The maximum Gasteiger partial charge on any atom is 0.247 e. The Labute approximate surface area is 152 Å². The molecule has 1 unspecified atom stereocenters. The summed E-state index contributed by atoms with van der Waals surface area (Å²) in [6.07, 6.45) is 1.94. The van der Waals surface area contributed by atoms with Crippen LogP contribution in [-0.4, -0.2) is 23.0 Å². The second kappa shape index (κ2) is 9.12. The van der Waals surface area contributed by atoms with Crippen molar-refractivity contribution in [1.82, 2.24) is 10.5 Å². The maximum atomic E-state index is 13.1.